The summed E-state index contributed by atoms with van der Waals surface area (Å²) in [7, 11) is 1.59. The van der Waals surface area contributed by atoms with Crippen LogP contribution in [0.4, 0.5) is 19.0 Å². The molecule has 1 heterocycles. The average Bonchev–Trinajstić information content (AvgIpc) is 2.36. The Morgan fingerprint density at radius 2 is 2.10 bits per heavy atom. The van der Waals surface area contributed by atoms with Gasteiger partial charge < -0.3 is 10.6 Å². The number of alkyl halides is 3. The summed E-state index contributed by atoms with van der Waals surface area (Å²) in [5.74, 6) is -0.162. The molecular formula is C12H16F3N3OS. The lowest BCUT2D eigenvalue weighted by Crippen LogP contribution is -2.34. The predicted molar refractivity (Wildman–Crippen MR) is 74.0 cm³/mol. The number of carbonyl (C=O) groups is 1. The lowest BCUT2D eigenvalue weighted by atomic mass is 10.2. The molecule has 2 N–H and O–H groups in total. The highest BCUT2D eigenvalue weighted by Gasteiger charge is 2.34. The molecule has 0 aromatic carbocycles. The summed E-state index contributed by atoms with van der Waals surface area (Å²) >= 11 is 1.55. The highest BCUT2D eigenvalue weighted by atomic mass is 32.2. The van der Waals surface area contributed by atoms with Gasteiger partial charge in [0.2, 0.25) is 0 Å². The lowest BCUT2D eigenvalue weighted by molar-refractivity contribution is -0.141. The second kappa shape index (κ2) is 6.34. The van der Waals surface area contributed by atoms with Crippen molar-refractivity contribution in [1.82, 2.24) is 4.98 Å². The second-order valence-electron chi connectivity index (χ2n) is 4.34. The van der Waals surface area contributed by atoms with Gasteiger partial charge in [-0.2, -0.15) is 24.9 Å². The van der Waals surface area contributed by atoms with Crippen LogP contribution in [-0.2, 0) is 6.18 Å². The summed E-state index contributed by atoms with van der Waals surface area (Å²) in [5, 5.41) is 0. The number of thioether (sulfide) groups is 1. The zero-order valence-corrected chi connectivity index (χ0v) is 12.2. The van der Waals surface area contributed by atoms with Crippen LogP contribution >= 0.6 is 11.8 Å². The van der Waals surface area contributed by atoms with E-state index in [1.54, 1.807) is 18.8 Å². The molecule has 0 aliphatic heterocycles. The summed E-state index contributed by atoms with van der Waals surface area (Å²) in [6.45, 7) is 1.84. The molecule has 0 saturated heterocycles. The van der Waals surface area contributed by atoms with Gasteiger partial charge in [-0.05, 0) is 25.3 Å². The van der Waals surface area contributed by atoms with E-state index >= 15 is 0 Å². The molecule has 20 heavy (non-hydrogen) atoms. The minimum atomic E-state index is -4.56. The number of pyridine rings is 1. The van der Waals surface area contributed by atoms with E-state index in [0.29, 0.717) is 5.75 Å². The number of carbonyl (C=O) groups excluding carboxylic acids is 1. The van der Waals surface area contributed by atoms with Crippen LogP contribution in [0.25, 0.3) is 0 Å². The Hall–Kier alpha value is -1.44. The van der Waals surface area contributed by atoms with Crippen LogP contribution in [0.5, 0.6) is 0 Å². The maximum absolute atomic E-state index is 12.7. The monoisotopic (exact) mass is 307 g/mol. The van der Waals surface area contributed by atoms with Gasteiger partial charge in [0.05, 0.1) is 5.56 Å². The van der Waals surface area contributed by atoms with Gasteiger partial charge in [-0.25, -0.2) is 4.98 Å². The van der Waals surface area contributed by atoms with Crippen LogP contribution in [-0.4, -0.2) is 36.0 Å². The zero-order chi connectivity index (χ0) is 15.5. The molecule has 4 nitrogen and oxygen atoms in total. The molecule has 112 valence electrons. The molecule has 0 aliphatic rings. The molecule has 1 aromatic heterocycles. The van der Waals surface area contributed by atoms with Gasteiger partial charge in [0.25, 0.3) is 5.91 Å². The van der Waals surface area contributed by atoms with Gasteiger partial charge in [0.15, 0.2) is 0 Å². The molecule has 1 aromatic rings. The Kier molecular flexibility index (Phi) is 5.27. The maximum Gasteiger partial charge on any atom is 0.433 e. The number of amides is 1. The highest BCUT2D eigenvalue weighted by molar-refractivity contribution is 7.98. The third-order valence-corrected chi connectivity index (χ3v) is 3.65. The maximum atomic E-state index is 12.7. The summed E-state index contributed by atoms with van der Waals surface area (Å²) in [4.78, 5) is 16.4. The van der Waals surface area contributed by atoms with Gasteiger partial charge in [0, 0.05) is 18.8 Å². The summed E-state index contributed by atoms with van der Waals surface area (Å²) in [6.07, 6.45) is -2.67. The number of aromatic nitrogens is 1. The first kappa shape index (κ1) is 16.6. The van der Waals surface area contributed by atoms with Crippen molar-refractivity contribution in [3.63, 3.8) is 0 Å². The van der Waals surface area contributed by atoms with Crippen LogP contribution in [0.3, 0.4) is 0 Å². The Bertz CT molecular complexity index is 493. The van der Waals surface area contributed by atoms with Gasteiger partial charge >= 0.3 is 6.18 Å². The average molecular weight is 307 g/mol. The number of hydrogen-bond donors (Lipinski definition) is 1. The Morgan fingerprint density at radius 1 is 1.50 bits per heavy atom. The molecule has 1 atom stereocenters. The van der Waals surface area contributed by atoms with Gasteiger partial charge in [-0.3, -0.25) is 4.79 Å². The summed E-state index contributed by atoms with van der Waals surface area (Å²) in [5.41, 5.74) is 4.13. The van der Waals surface area contributed by atoms with Crippen LogP contribution < -0.4 is 10.6 Å². The van der Waals surface area contributed by atoms with Crippen LogP contribution in [0, 0.1) is 0 Å². The fourth-order valence-electron chi connectivity index (χ4n) is 1.63. The van der Waals surface area contributed by atoms with E-state index in [1.165, 1.54) is 4.90 Å². The van der Waals surface area contributed by atoms with Crippen LogP contribution in [0.1, 0.15) is 23.0 Å². The fourth-order valence-corrected chi connectivity index (χ4v) is 2.34. The molecule has 0 spiro atoms. The van der Waals surface area contributed by atoms with Crippen molar-refractivity contribution in [3.05, 3.63) is 23.4 Å². The van der Waals surface area contributed by atoms with Crippen molar-refractivity contribution >= 4 is 23.5 Å². The number of anilines is 1. The number of nitrogens with zero attached hydrogens (tertiary/aromatic N) is 2. The minimum Gasteiger partial charge on any atom is -0.365 e. The summed E-state index contributed by atoms with van der Waals surface area (Å²) in [6, 6.07) is 1.74. The lowest BCUT2D eigenvalue weighted by Gasteiger charge is -2.27. The quantitative estimate of drug-likeness (QED) is 0.907. The van der Waals surface area contributed by atoms with Crippen molar-refractivity contribution in [2.24, 2.45) is 5.73 Å². The highest BCUT2D eigenvalue weighted by Crippen LogP contribution is 2.30. The molecule has 8 heteroatoms. The van der Waals surface area contributed by atoms with E-state index in [0.717, 1.165) is 12.1 Å². The van der Waals surface area contributed by atoms with Gasteiger partial charge in [-0.15, -0.1) is 0 Å². The first-order chi connectivity index (χ1) is 9.18. The van der Waals surface area contributed by atoms with E-state index < -0.39 is 17.8 Å². The second-order valence-corrected chi connectivity index (χ2v) is 5.26. The Balaban J connectivity index is 3.28. The van der Waals surface area contributed by atoms with Crippen molar-refractivity contribution in [2.45, 2.75) is 19.1 Å². The Morgan fingerprint density at radius 3 is 2.55 bits per heavy atom. The standard InChI is InChI=1S/C12H16F3N3OS/c1-7(6-20-3)18(2)11-8(10(16)19)4-5-9(17-11)12(13,14)15/h4-5,7H,6H2,1-3H3,(H2,16,19). The molecule has 0 fully saturated rings. The van der Waals surface area contributed by atoms with E-state index in [2.05, 4.69) is 4.98 Å². The number of rotatable bonds is 5. The van der Waals surface area contributed by atoms with Crippen molar-refractivity contribution in [3.8, 4) is 0 Å². The third kappa shape index (κ3) is 3.78. The largest absolute Gasteiger partial charge is 0.433 e. The van der Waals surface area contributed by atoms with Crippen LogP contribution in [0.15, 0.2) is 12.1 Å². The van der Waals surface area contributed by atoms with Gasteiger partial charge in [0.1, 0.15) is 11.5 Å². The molecule has 1 rings (SSSR count). The smallest absolute Gasteiger partial charge is 0.365 e. The number of nitrogens with two attached hydrogens (primary N) is 1. The van der Waals surface area contributed by atoms with Crippen molar-refractivity contribution in [1.29, 1.82) is 0 Å². The molecule has 0 radical (unpaired) electrons. The molecular weight excluding hydrogens is 291 g/mol. The van der Waals surface area contributed by atoms with Crippen molar-refractivity contribution in [2.75, 3.05) is 24.0 Å². The predicted octanol–water partition coefficient (Wildman–Crippen LogP) is 2.39. The van der Waals surface area contributed by atoms with E-state index in [1.807, 2.05) is 13.2 Å². The van der Waals surface area contributed by atoms with Crippen LogP contribution in [0.2, 0.25) is 0 Å². The fraction of sp³-hybridized carbons (Fsp3) is 0.500. The van der Waals surface area contributed by atoms with E-state index in [-0.39, 0.29) is 17.4 Å². The first-order valence-electron chi connectivity index (χ1n) is 5.78. The Labute approximate surface area is 119 Å². The number of halogens is 3. The molecule has 0 saturated carbocycles. The van der Waals surface area contributed by atoms with Crippen molar-refractivity contribution < 1.29 is 18.0 Å². The first-order valence-corrected chi connectivity index (χ1v) is 7.17. The topological polar surface area (TPSA) is 59.2 Å². The third-order valence-electron chi connectivity index (χ3n) is 2.83. The molecule has 1 unspecified atom stereocenters. The normalized spacial score (nSPS) is 13.1. The zero-order valence-electron chi connectivity index (χ0n) is 11.4. The molecule has 1 amide bonds. The minimum absolute atomic E-state index is 0.0200. The van der Waals surface area contributed by atoms with Gasteiger partial charge in [-0.1, -0.05) is 0 Å². The number of hydrogen-bond acceptors (Lipinski definition) is 4. The van der Waals surface area contributed by atoms with E-state index in [4.69, 9.17) is 5.73 Å². The summed E-state index contributed by atoms with van der Waals surface area (Å²) < 4.78 is 38.1. The SMILES string of the molecule is CSCC(C)N(C)c1nc(C(F)(F)F)ccc1C(N)=O. The van der Waals surface area contributed by atoms with E-state index in [9.17, 15) is 18.0 Å². The number of primary amides is 1. The molecule has 0 aliphatic carbocycles. The molecule has 0 bridgehead atoms.